The quantitative estimate of drug-likeness (QED) is 0.853. The summed E-state index contributed by atoms with van der Waals surface area (Å²) in [4.78, 5) is 11.7. The number of halogens is 3. The fraction of sp³-hybridized carbons (Fsp3) is 0.133. The summed E-state index contributed by atoms with van der Waals surface area (Å²) >= 11 is 11.7. The number of rotatable bonds is 4. The standard InChI is InChI=1S/C15H13Cl2FN2O/c16-10-4-6-11(7-5-10)20-15(21)19-9-8-12-13(17)2-1-3-14(12)18/h1-7H,8-9H2,(H2,19,20,21). The van der Waals surface area contributed by atoms with Crippen molar-refractivity contribution < 1.29 is 9.18 Å². The maximum atomic E-state index is 13.5. The number of benzene rings is 2. The highest BCUT2D eigenvalue weighted by molar-refractivity contribution is 6.31. The van der Waals surface area contributed by atoms with Crippen molar-refractivity contribution >= 4 is 34.9 Å². The fourth-order valence-electron chi connectivity index (χ4n) is 1.78. The lowest BCUT2D eigenvalue weighted by Gasteiger charge is -2.09. The molecule has 0 aliphatic rings. The van der Waals surface area contributed by atoms with E-state index in [1.807, 2.05) is 0 Å². The molecule has 21 heavy (non-hydrogen) atoms. The summed E-state index contributed by atoms with van der Waals surface area (Å²) in [6.07, 6.45) is 0.319. The van der Waals surface area contributed by atoms with Gasteiger partial charge in [0.2, 0.25) is 0 Å². The zero-order valence-electron chi connectivity index (χ0n) is 11.0. The average Bonchev–Trinajstić information content (AvgIpc) is 2.45. The second-order valence-electron chi connectivity index (χ2n) is 4.34. The van der Waals surface area contributed by atoms with Crippen LogP contribution >= 0.6 is 23.2 Å². The van der Waals surface area contributed by atoms with Crippen LogP contribution in [0.3, 0.4) is 0 Å². The molecule has 0 saturated carbocycles. The van der Waals surface area contributed by atoms with Crippen LogP contribution in [0, 0.1) is 5.82 Å². The summed E-state index contributed by atoms with van der Waals surface area (Å²) in [6.45, 7) is 0.278. The summed E-state index contributed by atoms with van der Waals surface area (Å²) < 4.78 is 13.5. The maximum Gasteiger partial charge on any atom is 0.319 e. The highest BCUT2D eigenvalue weighted by Gasteiger charge is 2.07. The van der Waals surface area contributed by atoms with Crippen LogP contribution in [-0.4, -0.2) is 12.6 Å². The van der Waals surface area contributed by atoms with Crippen molar-refractivity contribution in [3.8, 4) is 0 Å². The third kappa shape index (κ3) is 4.62. The van der Waals surface area contributed by atoms with Crippen LogP contribution in [0.5, 0.6) is 0 Å². The molecule has 0 aliphatic heterocycles. The smallest absolute Gasteiger partial charge is 0.319 e. The number of carbonyl (C=O) groups is 1. The number of nitrogens with one attached hydrogen (secondary N) is 2. The van der Waals surface area contributed by atoms with E-state index in [1.54, 1.807) is 36.4 Å². The predicted molar refractivity (Wildman–Crippen MR) is 83.6 cm³/mol. The summed E-state index contributed by atoms with van der Waals surface area (Å²) in [5, 5.41) is 6.24. The molecule has 2 aromatic rings. The topological polar surface area (TPSA) is 41.1 Å². The van der Waals surface area contributed by atoms with E-state index in [9.17, 15) is 9.18 Å². The molecule has 2 amide bonds. The van der Waals surface area contributed by atoms with Gasteiger partial charge in [0.1, 0.15) is 5.82 Å². The summed E-state index contributed by atoms with van der Waals surface area (Å²) in [5.41, 5.74) is 1.02. The Balaban J connectivity index is 1.83. The Hall–Kier alpha value is -1.78. The third-order valence-electron chi connectivity index (χ3n) is 2.82. The lowest BCUT2D eigenvalue weighted by molar-refractivity contribution is 0.252. The van der Waals surface area contributed by atoms with Crippen LogP contribution in [0.15, 0.2) is 42.5 Å². The number of carbonyl (C=O) groups excluding carboxylic acids is 1. The largest absolute Gasteiger partial charge is 0.338 e. The molecule has 0 atom stereocenters. The molecule has 110 valence electrons. The average molecular weight is 327 g/mol. The Bertz CT molecular complexity index is 612. The van der Waals surface area contributed by atoms with Gasteiger partial charge in [-0.1, -0.05) is 29.3 Å². The summed E-state index contributed by atoms with van der Waals surface area (Å²) in [6, 6.07) is 10.9. The lowest BCUT2D eigenvalue weighted by atomic mass is 10.1. The van der Waals surface area contributed by atoms with Gasteiger partial charge in [0.25, 0.3) is 0 Å². The number of amides is 2. The van der Waals surface area contributed by atoms with Crippen LogP contribution in [0.2, 0.25) is 10.0 Å². The van der Waals surface area contributed by atoms with Gasteiger partial charge in [-0.25, -0.2) is 9.18 Å². The second kappa shape index (κ2) is 7.29. The van der Waals surface area contributed by atoms with Crippen LogP contribution in [-0.2, 0) is 6.42 Å². The van der Waals surface area contributed by atoms with Crippen LogP contribution in [0.25, 0.3) is 0 Å². The zero-order chi connectivity index (χ0) is 15.2. The molecular formula is C15H13Cl2FN2O. The Morgan fingerprint density at radius 2 is 1.81 bits per heavy atom. The van der Waals surface area contributed by atoms with Crippen molar-refractivity contribution in [2.24, 2.45) is 0 Å². The van der Waals surface area contributed by atoms with Gasteiger partial charge in [-0.2, -0.15) is 0 Å². The van der Waals surface area contributed by atoms with E-state index < -0.39 is 0 Å². The minimum absolute atomic E-state index is 0.278. The fourth-order valence-corrected chi connectivity index (χ4v) is 2.16. The first kappa shape index (κ1) is 15.6. The van der Waals surface area contributed by atoms with Crippen molar-refractivity contribution in [2.45, 2.75) is 6.42 Å². The molecule has 2 aromatic carbocycles. The van der Waals surface area contributed by atoms with E-state index in [0.29, 0.717) is 27.7 Å². The molecule has 2 N–H and O–H groups in total. The molecule has 3 nitrogen and oxygen atoms in total. The van der Waals surface area contributed by atoms with Gasteiger partial charge >= 0.3 is 6.03 Å². The van der Waals surface area contributed by atoms with Crippen molar-refractivity contribution in [2.75, 3.05) is 11.9 Å². The minimum Gasteiger partial charge on any atom is -0.338 e. The molecule has 0 aliphatic carbocycles. The van der Waals surface area contributed by atoms with Crippen molar-refractivity contribution in [3.63, 3.8) is 0 Å². The monoisotopic (exact) mass is 326 g/mol. The van der Waals surface area contributed by atoms with Crippen LogP contribution in [0.4, 0.5) is 14.9 Å². The molecule has 0 fully saturated rings. The Morgan fingerprint density at radius 1 is 1.10 bits per heavy atom. The lowest BCUT2D eigenvalue weighted by Crippen LogP contribution is -2.30. The van der Waals surface area contributed by atoms with Gasteiger partial charge in [0, 0.05) is 27.8 Å². The summed E-state index contributed by atoms with van der Waals surface area (Å²) in [7, 11) is 0. The minimum atomic E-state index is -0.373. The van der Waals surface area contributed by atoms with E-state index >= 15 is 0 Å². The van der Waals surface area contributed by atoms with Crippen molar-refractivity contribution in [1.82, 2.24) is 5.32 Å². The normalized spacial score (nSPS) is 10.2. The number of hydrogen-bond acceptors (Lipinski definition) is 1. The third-order valence-corrected chi connectivity index (χ3v) is 3.43. The molecule has 0 aromatic heterocycles. The SMILES string of the molecule is O=C(NCCc1c(F)cccc1Cl)Nc1ccc(Cl)cc1. The number of hydrogen-bond donors (Lipinski definition) is 2. The van der Waals surface area contributed by atoms with E-state index in [0.717, 1.165) is 0 Å². The van der Waals surface area contributed by atoms with Gasteiger partial charge in [-0.05, 0) is 42.8 Å². The van der Waals surface area contributed by atoms with Crippen molar-refractivity contribution in [1.29, 1.82) is 0 Å². The molecule has 0 unspecified atom stereocenters. The van der Waals surface area contributed by atoms with Gasteiger partial charge in [0.15, 0.2) is 0 Å². The van der Waals surface area contributed by atoms with Crippen molar-refractivity contribution in [3.05, 3.63) is 63.9 Å². The maximum absolute atomic E-state index is 13.5. The molecule has 0 saturated heterocycles. The first-order valence-corrected chi connectivity index (χ1v) is 7.05. The van der Waals surface area contributed by atoms with Gasteiger partial charge in [-0.3, -0.25) is 0 Å². The van der Waals surface area contributed by atoms with E-state index in [1.165, 1.54) is 6.07 Å². The van der Waals surface area contributed by atoms with Gasteiger partial charge in [0.05, 0.1) is 0 Å². The Labute approximate surface area is 132 Å². The van der Waals surface area contributed by atoms with E-state index in [-0.39, 0.29) is 18.4 Å². The number of anilines is 1. The zero-order valence-corrected chi connectivity index (χ0v) is 12.5. The van der Waals surface area contributed by atoms with E-state index in [2.05, 4.69) is 10.6 Å². The molecule has 0 radical (unpaired) electrons. The molecule has 6 heteroatoms. The highest BCUT2D eigenvalue weighted by Crippen LogP contribution is 2.19. The first-order chi connectivity index (χ1) is 10.1. The number of urea groups is 1. The molecule has 2 rings (SSSR count). The van der Waals surface area contributed by atoms with Gasteiger partial charge < -0.3 is 10.6 Å². The first-order valence-electron chi connectivity index (χ1n) is 6.29. The molecule has 0 heterocycles. The van der Waals surface area contributed by atoms with Gasteiger partial charge in [-0.15, -0.1) is 0 Å². The van der Waals surface area contributed by atoms with Crippen LogP contribution in [0.1, 0.15) is 5.56 Å². The molecular weight excluding hydrogens is 314 g/mol. The Kier molecular flexibility index (Phi) is 5.42. The van der Waals surface area contributed by atoms with E-state index in [4.69, 9.17) is 23.2 Å². The Morgan fingerprint density at radius 3 is 2.48 bits per heavy atom. The highest BCUT2D eigenvalue weighted by atomic mass is 35.5. The summed E-state index contributed by atoms with van der Waals surface area (Å²) in [5.74, 6) is -0.373. The second-order valence-corrected chi connectivity index (χ2v) is 5.18. The van der Waals surface area contributed by atoms with Crippen LogP contribution < -0.4 is 10.6 Å². The predicted octanol–water partition coefficient (Wildman–Crippen LogP) is 4.50. The molecule has 0 spiro atoms. The molecule has 0 bridgehead atoms.